The van der Waals surface area contributed by atoms with Crippen molar-refractivity contribution in [3.63, 3.8) is 0 Å². The lowest BCUT2D eigenvalue weighted by molar-refractivity contribution is -0.142. The molecule has 0 aliphatic carbocycles. The second kappa shape index (κ2) is 13.3. The molecule has 6 heteroatoms. The lowest BCUT2D eigenvalue weighted by Gasteiger charge is -2.32. The molecule has 37 heavy (non-hydrogen) atoms. The van der Waals surface area contributed by atoms with E-state index in [-0.39, 0.29) is 30.9 Å². The quantitative estimate of drug-likeness (QED) is 0.334. The predicted molar refractivity (Wildman–Crippen MR) is 150 cm³/mol. The monoisotopic (exact) mass is 520 g/mol. The number of rotatable bonds is 11. The van der Waals surface area contributed by atoms with Crippen LogP contribution in [0.5, 0.6) is 5.75 Å². The molecular weight excluding hydrogens is 484 g/mol. The Bertz CT molecular complexity index is 1210. The van der Waals surface area contributed by atoms with Crippen molar-refractivity contribution in [2.75, 3.05) is 13.2 Å². The number of nitrogens with one attached hydrogen (secondary N) is 1. The zero-order chi connectivity index (χ0) is 26.9. The van der Waals surface area contributed by atoms with Crippen LogP contribution in [0, 0.1) is 26.7 Å². The summed E-state index contributed by atoms with van der Waals surface area (Å²) in [5.41, 5.74) is 4.90. The van der Waals surface area contributed by atoms with Crippen molar-refractivity contribution in [3.8, 4) is 5.75 Å². The molecule has 1 N–H and O–H groups in total. The Hall–Kier alpha value is -3.31. The summed E-state index contributed by atoms with van der Waals surface area (Å²) in [6.07, 6.45) is 0.379. The minimum absolute atomic E-state index is 0.184. The van der Waals surface area contributed by atoms with E-state index < -0.39 is 6.04 Å². The van der Waals surface area contributed by atoms with Crippen LogP contribution in [0.4, 0.5) is 0 Å². The van der Waals surface area contributed by atoms with Gasteiger partial charge < -0.3 is 15.0 Å². The zero-order valence-corrected chi connectivity index (χ0v) is 23.1. The van der Waals surface area contributed by atoms with Crippen molar-refractivity contribution >= 4 is 23.4 Å². The van der Waals surface area contributed by atoms with Crippen molar-refractivity contribution in [3.05, 3.63) is 99.6 Å². The molecule has 3 aromatic rings. The van der Waals surface area contributed by atoms with Crippen molar-refractivity contribution in [2.45, 2.75) is 53.6 Å². The highest BCUT2D eigenvalue weighted by Gasteiger charge is 2.31. The Morgan fingerprint density at radius 2 is 1.65 bits per heavy atom. The standard InChI is InChI=1S/C31H37ClN2O3/c1-21(2)18-33-31(36)28(17-25-11-7-6-8-12-25)34(19-26-13-9-10-14-27(26)32)30(35)20-37-29-16-22(3)15-23(4)24(29)5/h6-16,21,28H,17-20H2,1-5H3,(H,33,36). The maximum Gasteiger partial charge on any atom is 0.261 e. The molecule has 0 radical (unpaired) electrons. The van der Waals surface area contributed by atoms with Crippen LogP contribution in [0.15, 0.2) is 66.7 Å². The normalized spacial score (nSPS) is 11.8. The van der Waals surface area contributed by atoms with Crippen molar-refractivity contribution in [1.82, 2.24) is 10.2 Å². The van der Waals surface area contributed by atoms with E-state index in [0.717, 1.165) is 27.8 Å². The first-order valence-electron chi connectivity index (χ1n) is 12.7. The molecular formula is C31H37ClN2O3. The Balaban J connectivity index is 1.94. The summed E-state index contributed by atoms with van der Waals surface area (Å²) in [7, 11) is 0. The molecule has 0 aromatic heterocycles. The molecule has 196 valence electrons. The number of benzene rings is 3. The smallest absolute Gasteiger partial charge is 0.261 e. The van der Waals surface area contributed by atoms with Crippen LogP contribution < -0.4 is 10.1 Å². The fourth-order valence-corrected chi connectivity index (χ4v) is 4.36. The zero-order valence-electron chi connectivity index (χ0n) is 22.4. The van der Waals surface area contributed by atoms with E-state index in [4.69, 9.17) is 16.3 Å². The van der Waals surface area contributed by atoms with Gasteiger partial charge in [-0.2, -0.15) is 0 Å². The average Bonchev–Trinajstić information content (AvgIpc) is 2.87. The van der Waals surface area contributed by atoms with E-state index in [1.807, 2.05) is 89.2 Å². The van der Waals surface area contributed by atoms with Crippen LogP contribution in [0.2, 0.25) is 5.02 Å². The fourth-order valence-electron chi connectivity index (χ4n) is 4.16. The molecule has 2 amide bonds. The topological polar surface area (TPSA) is 58.6 Å². The Labute approximate surface area is 225 Å². The molecule has 0 aliphatic rings. The Morgan fingerprint density at radius 1 is 0.973 bits per heavy atom. The van der Waals surface area contributed by atoms with Crippen molar-refractivity contribution in [2.24, 2.45) is 5.92 Å². The van der Waals surface area contributed by atoms with Crippen molar-refractivity contribution < 1.29 is 14.3 Å². The highest BCUT2D eigenvalue weighted by atomic mass is 35.5. The van der Waals surface area contributed by atoms with Gasteiger partial charge in [0, 0.05) is 24.5 Å². The summed E-state index contributed by atoms with van der Waals surface area (Å²) in [6.45, 7) is 10.6. The maximum absolute atomic E-state index is 13.8. The van der Waals surface area contributed by atoms with Gasteiger partial charge in [-0.1, -0.05) is 80.0 Å². The van der Waals surface area contributed by atoms with Crippen LogP contribution in [0.25, 0.3) is 0 Å². The number of carbonyl (C=O) groups excluding carboxylic acids is 2. The van der Waals surface area contributed by atoms with Crippen LogP contribution >= 0.6 is 11.6 Å². The van der Waals surface area contributed by atoms with Crippen LogP contribution in [0.1, 0.15) is 41.7 Å². The van der Waals surface area contributed by atoms with Gasteiger partial charge in [0.1, 0.15) is 11.8 Å². The third-order valence-electron chi connectivity index (χ3n) is 6.37. The summed E-state index contributed by atoms with van der Waals surface area (Å²) in [5, 5.41) is 3.58. The number of carbonyl (C=O) groups is 2. The Morgan fingerprint density at radius 3 is 2.32 bits per heavy atom. The molecule has 0 heterocycles. The van der Waals surface area contributed by atoms with Gasteiger partial charge in [-0.3, -0.25) is 9.59 Å². The van der Waals surface area contributed by atoms with Crippen molar-refractivity contribution in [1.29, 1.82) is 0 Å². The van der Waals surface area contributed by atoms with E-state index in [1.165, 1.54) is 0 Å². The molecule has 1 unspecified atom stereocenters. The number of aryl methyl sites for hydroxylation is 2. The van der Waals surface area contributed by atoms with E-state index in [0.29, 0.717) is 23.7 Å². The van der Waals surface area contributed by atoms with Crippen LogP contribution in [0.3, 0.4) is 0 Å². The van der Waals surface area contributed by atoms with E-state index in [1.54, 1.807) is 11.0 Å². The summed E-state index contributed by atoms with van der Waals surface area (Å²) >= 11 is 6.48. The first-order chi connectivity index (χ1) is 17.7. The highest BCUT2D eigenvalue weighted by molar-refractivity contribution is 6.31. The van der Waals surface area contributed by atoms with Gasteiger partial charge in [-0.05, 0) is 66.6 Å². The van der Waals surface area contributed by atoms with Gasteiger partial charge >= 0.3 is 0 Å². The predicted octanol–water partition coefficient (Wildman–Crippen LogP) is 6.06. The van der Waals surface area contributed by atoms with Crippen LogP contribution in [-0.2, 0) is 22.6 Å². The molecule has 0 bridgehead atoms. The molecule has 0 aliphatic heterocycles. The van der Waals surface area contributed by atoms with Gasteiger partial charge in [-0.25, -0.2) is 0 Å². The summed E-state index contributed by atoms with van der Waals surface area (Å²) in [6, 6.07) is 20.4. The first kappa shape index (κ1) is 28.3. The van der Waals surface area contributed by atoms with Gasteiger partial charge in [0.25, 0.3) is 5.91 Å². The SMILES string of the molecule is Cc1cc(C)c(C)c(OCC(=O)N(Cc2ccccc2Cl)C(Cc2ccccc2)C(=O)NCC(C)C)c1. The average molecular weight is 521 g/mol. The fraction of sp³-hybridized carbons (Fsp3) is 0.355. The number of hydrogen-bond donors (Lipinski definition) is 1. The van der Waals surface area contributed by atoms with E-state index in [2.05, 4.69) is 11.4 Å². The lowest BCUT2D eigenvalue weighted by Crippen LogP contribution is -2.52. The Kier molecular flexibility index (Phi) is 10.2. The molecule has 0 fully saturated rings. The molecule has 1 atom stereocenters. The summed E-state index contributed by atoms with van der Waals surface area (Å²) in [5.74, 6) is 0.483. The first-order valence-corrected chi connectivity index (χ1v) is 13.1. The molecule has 3 rings (SSSR count). The third kappa shape index (κ3) is 8.09. The van der Waals surface area contributed by atoms with Gasteiger partial charge in [0.05, 0.1) is 0 Å². The molecule has 3 aromatic carbocycles. The van der Waals surface area contributed by atoms with E-state index in [9.17, 15) is 9.59 Å². The van der Waals surface area contributed by atoms with Gasteiger partial charge in [0.15, 0.2) is 6.61 Å². The number of nitrogens with zero attached hydrogens (tertiary/aromatic N) is 1. The number of halogens is 1. The second-order valence-electron chi connectivity index (χ2n) is 9.95. The van der Waals surface area contributed by atoms with Gasteiger partial charge in [0.2, 0.25) is 5.91 Å². The molecule has 0 saturated carbocycles. The molecule has 0 saturated heterocycles. The lowest BCUT2D eigenvalue weighted by atomic mass is 10.0. The molecule has 0 spiro atoms. The second-order valence-corrected chi connectivity index (χ2v) is 10.4. The highest BCUT2D eigenvalue weighted by Crippen LogP contribution is 2.24. The largest absolute Gasteiger partial charge is 0.483 e. The number of amides is 2. The number of ether oxygens (including phenoxy) is 1. The third-order valence-corrected chi connectivity index (χ3v) is 6.74. The summed E-state index contributed by atoms with van der Waals surface area (Å²) < 4.78 is 6.03. The van der Waals surface area contributed by atoms with Gasteiger partial charge in [-0.15, -0.1) is 0 Å². The molecule has 5 nitrogen and oxygen atoms in total. The minimum atomic E-state index is -0.728. The minimum Gasteiger partial charge on any atom is -0.483 e. The summed E-state index contributed by atoms with van der Waals surface area (Å²) in [4.78, 5) is 28.9. The van der Waals surface area contributed by atoms with E-state index >= 15 is 0 Å². The maximum atomic E-state index is 13.8. The number of hydrogen-bond acceptors (Lipinski definition) is 3. The van der Waals surface area contributed by atoms with Crippen LogP contribution in [-0.4, -0.2) is 35.9 Å².